The molecule has 0 spiro atoms. The molecule has 0 N–H and O–H groups in total. The van der Waals surface area contributed by atoms with Gasteiger partial charge in [-0.05, 0) is 50.9 Å². The zero-order valence-corrected chi connectivity index (χ0v) is 13.9. The Hall–Kier alpha value is -0.780. The molecule has 2 rings (SSSR count). The maximum atomic E-state index is 12.8. The molecule has 0 saturated heterocycles. The van der Waals surface area contributed by atoms with Crippen molar-refractivity contribution in [2.45, 2.75) is 43.5 Å². The maximum Gasteiger partial charge on any atom is 0.416 e. The molecule has 126 valence electrons. The highest BCUT2D eigenvalue weighted by Crippen LogP contribution is 2.38. The van der Waals surface area contributed by atoms with Gasteiger partial charge >= 0.3 is 6.18 Å². The third-order valence-electron chi connectivity index (χ3n) is 4.41. The molecule has 2 nitrogen and oxygen atoms in total. The number of methoxy groups -OCH3 is 1. The number of nitrogens with zero attached hydrogens (tertiary/aromatic N) is 1. The largest absolute Gasteiger partial charge is 0.416 e. The zero-order chi connectivity index (χ0) is 15.6. The van der Waals surface area contributed by atoms with Crippen LogP contribution in [0.15, 0.2) is 24.3 Å². The van der Waals surface area contributed by atoms with Gasteiger partial charge in [0.25, 0.3) is 0 Å². The number of benzene rings is 1. The van der Waals surface area contributed by atoms with Crippen LogP contribution in [-0.4, -0.2) is 38.3 Å². The van der Waals surface area contributed by atoms with Crippen molar-refractivity contribution in [1.29, 1.82) is 0 Å². The number of ether oxygens (including phenoxy) is 1. The number of hydrogen-bond donors (Lipinski definition) is 0. The summed E-state index contributed by atoms with van der Waals surface area (Å²) in [5.41, 5.74) is 0.224. The lowest BCUT2D eigenvalue weighted by Crippen LogP contribution is -2.44. The second-order valence-electron chi connectivity index (χ2n) is 5.94. The van der Waals surface area contributed by atoms with E-state index in [2.05, 4.69) is 4.90 Å². The van der Waals surface area contributed by atoms with Gasteiger partial charge in [-0.25, -0.2) is 0 Å². The molecule has 3 atom stereocenters. The number of rotatable bonds is 3. The summed E-state index contributed by atoms with van der Waals surface area (Å²) in [6, 6.07) is 5.98. The second kappa shape index (κ2) is 7.66. The smallest absolute Gasteiger partial charge is 0.380 e. The molecule has 0 aliphatic heterocycles. The molecule has 0 amide bonds. The van der Waals surface area contributed by atoms with Crippen molar-refractivity contribution < 1.29 is 17.9 Å². The van der Waals surface area contributed by atoms with E-state index < -0.39 is 11.7 Å². The number of hydrogen-bond acceptors (Lipinski definition) is 2. The van der Waals surface area contributed by atoms with Crippen molar-refractivity contribution in [2.24, 2.45) is 0 Å². The predicted molar refractivity (Wildman–Crippen MR) is 83.6 cm³/mol. The molecule has 1 saturated carbocycles. The van der Waals surface area contributed by atoms with Gasteiger partial charge in [-0.3, -0.25) is 0 Å². The highest BCUT2D eigenvalue weighted by molar-refractivity contribution is 5.85. The van der Waals surface area contributed by atoms with Gasteiger partial charge in [-0.1, -0.05) is 18.2 Å². The molecule has 1 fully saturated rings. The Balaban J connectivity index is 0.00000242. The van der Waals surface area contributed by atoms with Crippen LogP contribution in [0.2, 0.25) is 0 Å². The normalized spacial score (nSPS) is 25.9. The first-order chi connectivity index (χ1) is 9.82. The molecule has 0 heterocycles. The molecule has 1 aliphatic carbocycles. The SMILES string of the molecule is CO[C@H]1CC[C@H](c2cccc(C(F)(F)F)c2)C[C@@H]1N(C)C.Cl. The Morgan fingerprint density at radius 3 is 2.41 bits per heavy atom. The van der Waals surface area contributed by atoms with Crippen LogP contribution in [0.4, 0.5) is 13.2 Å². The van der Waals surface area contributed by atoms with Gasteiger partial charge in [-0.15, -0.1) is 12.4 Å². The third kappa shape index (κ3) is 4.37. The highest BCUT2D eigenvalue weighted by Gasteiger charge is 2.34. The second-order valence-corrected chi connectivity index (χ2v) is 5.94. The summed E-state index contributed by atoms with van der Waals surface area (Å²) < 4.78 is 44.0. The van der Waals surface area contributed by atoms with Crippen LogP contribution < -0.4 is 0 Å². The van der Waals surface area contributed by atoms with Crippen molar-refractivity contribution in [2.75, 3.05) is 21.2 Å². The first-order valence-corrected chi connectivity index (χ1v) is 7.19. The lowest BCUT2D eigenvalue weighted by Gasteiger charge is -2.39. The average molecular weight is 338 g/mol. The van der Waals surface area contributed by atoms with Crippen molar-refractivity contribution >= 4 is 12.4 Å². The van der Waals surface area contributed by atoms with Gasteiger partial charge in [0.1, 0.15) is 0 Å². The first kappa shape index (κ1) is 19.3. The number of alkyl halides is 3. The minimum Gasteiger partial charge on any atom is -0.380 e. The van der Waals surface area contributed by atoms with Crippen LogP contribution in [0, 0.1) is 0 Å². The van der Waals surface area contributed by atoms with Crippen LogP contribution >= 0.6 is 12.4 Å². The standard InChI is InChI=1S/C16H22F3NO.ClH/c1-20(2)14-10-12(7-8-15(14)21-3)11-5-4-6-13(9-11)16(17,18)19;/h4-6,9,12,14-15H,7-8,10H2,1-3H3;1H/t12-,14-,15-;/m0./s1. The minimum atomic E-state index is -4.28. The first-order valence-electron chi connectivity index (χ1n) is 7.19. The van der Waals surface area contributed by atoms with Gasteiger partial charge in [0.2, 0.25) is 0 Å². The Labute approximate surface area is 136 Å². The Bertz CT molecular complexity index is 479. The van der Waals surface area contributed by atoms with Crippen molar-refractivity contribution in [1.82, 2.24) is 4.90 Å². The molecular formula is C16H23ClF3NO. The molecule has 1 aromatic carbocycles. The minimum absolute atomic E-state index is 0. The Morgan fingerprint density at radius 1 is 1.18 bits per heavy atom. The summed E-state index contributed by atoms with van der Waals surface area (Å²) in [7, 11) is 5.68. The van der Waals surface area contributed by atoms with Crippen LogP contribution in [0.1, 0.15) is 36.3 Å². The maximum absolute atomic E-state index is 12.8. The number of halogens is 4. The van der Waals surface area contributed by atoms with Crippen LogP contribution in [0.5, 0.6) is 0 Å². The van der Waals surface area contributed by atoms with Gasteiger partial charge in [0, 0.05) is 13.2 Å². The van der Waals surface area contributed by atoms with E-state index in [4.69, 9.17) is 4.74 Å². The van der Waals surface area contributed by atoms with E-state index in [1.54, 1.807) is 13.2 Å². The molecule has 0 unspecified atom stereocenters. The lowest BCUT2D eigenvalue weighted by atomic mass is 9.79. The summed E-state index contributed by atoms with van der Waals surface area (Å²) in [6.45, 7) is 0. The van der Waals surface area contributed by atoms with Crippen molar-refractivity contribution in [3.05, 3.63) is 35.4 Å². The third-order valence-corrected chi connectivity index (χ3v) is 4.41. The van der Waals surface area contributed by atoms with Crippen LogP contribution in [0.25, 0.3) is 0 Å². The van der Waals surface area contributed by atoms with Crippen molar-refractivity contribution in [3.63, 3.8) is 0 Å². The average Bonchev–Trinajstić information content (AvgIpc) is 2.45. The fourth-order valence-electron chi connectivity index (χ4n) is 3.21. The van der Waals surface area contributed by atoms with E-state index in [0.29, 0.717) is 0 Å². The molecule has 0 bridgehead atoms. The van der Waals surface area contributed by atoms with Gasteiger partial charge in [0.15, 0.2) is 0 Å². The fourth-order valence-corrected chi connectivity index (χ4v) is 3.21. The summed E-state index contributed by atoms with van der Waals surface area (Å²) in [5.74, 6) is 0.158. The topological polar surface area (TPSA) is 12.5 Å². The molecular weight excluding hydrogens is 315 g/mol. The molecule has 0 aromatic heterocycles. The van der Waals surface area contributed by atoms with Gasteiger partial charge < -0.3 is 9.64 Å². The predicted octanol–water partition coefficient (Wildman–Crippen LogP) is 4.34. The van der Waals surface area contributed by atoms with E-state index in [0.717, 1.165) is 30.9 Å². The van der Waals surface area contributed by atoms with E-state index >= 15 is 0 Å². The van der Waals surface area contributed by atoms with Crippen molar-refractivity contribution in [3.8, 4) is 0 Å². The van der Waals surface area contributed by atoms with E-state index in [1.165, 1.54) is 12.1 Å². The molecule has 1 aliphatic rings. The van der Waals surface area contributed by atoms with Gasteiger partial charge in [0.05, 0.1) is 11.7 Å². The molecule has 22 heavy (non-hydrogen) atoms. The zero-order valence-electron chi connectivity index (χ0n) is 13.1. The van der Waals surface area contributed by atoms with E-state index in [1.807, 2.05) is 14.1 Å². The highest BCUT2D eigenvalue weighted by atomic mass is 35.5. The fraction of sp³-hybridized carbons (Fsp3) is 0.625. The Morgan fingerprint density at radius 2 is 1.86 bits per heavy atom. The number of likely N-dealkylation sites (N-methyl/N-ethyl adjacent to an activating group) is 1. The summed E-state index contributed by atoms with van der Waals surface area (Å²) in [4.78, 5) is 2.11. The summed E-state index contributed by atoms with van der Waals surface area (Å²) in [6.07, 6.45) is -1.56. The Kier molecular flexibility index (Phi) is 6.71. The summed E-state index contributed by atoms with van der Waals surface area (Å²) >= 11 is 0. The monoisotopic (exact) mass is 337 g/mol. The van der Waals surface area contributed by atoms with Gasteiger partial charge in [-0.2, -0.15) is 13.2 Å². The van der Waals surface area contributed by atoms with Crippen LogP contribution in [0.3, 0.4) is 0 Å². The summed E-state index contributed by atoms with van der Waals surface area (Å²) in [5, 5.41) is 0. The molecule has 0 radical (unpaired) electrons. The van der Waals surface area contributed by atoms with E-state index in [-0.39, 0.29) is 30.5 Å². The van der Waals surface area contributed by atoms with E-state index in [9.17, 15) is 13.2 Å². The lowest BCUT2D eigenvalue weighted by molar-refractivity contribution is -0.137. The molecule has 6 heteroatoms. The van der Waals surface area contributed by atoms with Crippen LogP contribution in [-0.2, 0) is 10.9 Å². The molecule has 1 aromatic rings. The quantitative estimate of drug-likeness (QED) is 0.813.